The van der Waals surface area contributed by atoms with Gasteiger partial charge in [-0.1, -0.05) is 25.1 Å². The van der Waals surface area contributed by atoms with Gasteiger partial charge in [0.2, 0.25) is 0 Å². The van der Waals surface area contributed by atoms with Crippen molar-refractivity contribution in [3.8, 4) is 0 Å². The average Bonchev–Trinajstić information content (AvgIpc) is 3.35. The van der Waals surface area contributed by atoms with Crippen LogP contribution in [0.1, 0.15) is 43.0 Å². The summed E-state index contributed by atoms with van der Waals surface area (Å²) in [5.41, 5.74) is -1.12. The smallest absolute Gasteiger partial charge is 0.338 e. The Kier molecular flexibility index (Phi) is 6.06. The Balaban J connectivity index is 1.47. The van der Waals surface area contributed by atoms with Gasteiger partial charge in [-0.3, -0.25) is 4.90 Å². The van der Waals surface area contributed by atoms with Crippen molar-refractivity contribution in [3.63, 3.8) is 0 Å². The summed E-state index contributed by atoms with van der Waals surface area (Å²) in [7, 11) is 5.25. The molecule has 1 spiro atoms. The number of ether oxygens (including phenoxy) is 4. The number of aliphatic hydroxyl groups excluding tert-OH is 2. The third kappa shape index (κ3) is 3.03. The maximum atomic E-state index is 13.9. The Morgan fingerprint density at radius 3 is 2.54 bits per heavy atom. The lowest BCUT2D eigenvalue weighted by Gasteiger charge is -2.69. The summed E-state index contributed by atoms with van der Waals surface area (Å²) in [5, 5.41) is 24.2. The van der Waals surface area contributed by atoms with Crippen molar-refractivity contribution >= 4 is 5.97 Å². The van der Waals surface area contributed by atoms with Crippen molar-refractivity contribution in [2.24, 2.45) is 40.4 Å². The molecule has 39 heavy (non-hydrogen) atoms. The Morgan fingerprint density at radius 2 is 1.87 bits per heavy atom. The summed E-state index contributed by atoms with van der Waals surface area (Å²) in [6, 6.07) is 9.13. The van der Waals surface area contributed by atoms with Gasteiger partial charge in [0.1, 0.15) is 5.60 Å². The number of hydrogen-bond donors (Lipinski definition) is 2. The molecule has 13 atom stereocenters. The topological polar surface area (TPSA) is 97.7 Å². The number of carbonyl (C=O) groups is 1. The molecule has 5 saturated carbocycles. The Morgan fingerprint density at radius 1 is 1.10 bits per heavy atom. The van der Waals surface area contributed by atoms with Gasteiger partial charge in [0, 0.05) is 74.8 Å². The van der Waals surface area contributed by atoms with E-state index < -0.39 is 23.2 Å². The molecule has 0 aromatic heterocycles. The molecule has 214 valence electrons. The van der Waals surface area contributed by atoms with Crippen LogP contribution in [0.15, 0.2) is 30.3 Å². The van der Waals surface area contributed by atoms with Crippen molar-refractivity contribution in [3.05, 3.63) is 35.9 Å². The van der Waals surface area contributed by atoms with Crippen LogP contribution in [-0.4, -0.2) is 98.2 Å². The Labute approximate surface area is 230 Å². The molecular formula is C31H43NO7. The molecule has 7 rings (SSSR count). The molecular weight excluding hydrogens is 498 g/mol. The molecule has 6 aliphatic rings. The second kappa shape index (κ2) is 8.97. The van der Waals surface area contributed by atoms with Crippen molar-refractivity contribution in [2.75, 3.05) is 41.0 Å². The van der Waals surface area contributed by atoms with Gasteiger partial charge in [-0.25, -0.2) is 4.79 Å². The molecule has 1 aromatic rings. The second-order valence-corrected chi connectivity index (χ2v) is 13.3. The Bertz CT molecular complexity index is 1120. The fraction of sp³-hybridized carbons (Fsp3) is 0.774. The van der Waals surface area contributed by atoms with Crippen molar-refractivity contribution in [2.45, 2.75) is 68.7 Å². The molecule has 8 nitrogen and oxygen atoms in total. The molecule has 2 N–H and O–H groups in total. The average molecular weight is 542 g/mol. The minimum absolute atomic E-state index is 0.0199. The molecule has 7 bridgehead atoms. The minimum atomic E-state index is -0.977. The Hall–Kier alpha value is -1.55. The summed E-state index contributed by atoms with van der Waals surface area (Å²) in [6.07, 6.45) is 1.19. The number of methoxy groups -OCH3 is 3. The van der Waals surface area contributed by atoms with Gasteiger partial charge in [0.05, 0.1) is 36.6 Å². The number of likely N-dealkylation sites (tertiary alicyclic amines) is 1. The summed E-state index contributed by atoms with van der Waals surface area (Å²) in [5.74, 6) is -0.883. The van der Waals surface area contributed by atoms with Crippen LogP contribution in [0.25, 0.3) is 0 Å². The number of piperidine rings is 1. The highest BCUT2D eigenvalue weighted by Gasteiger charge is 2.87. The molecule has 1 aromatic carbocycles. The number of carbonyl (C=O) groups excluding carboxylic acids is 1. The highest BCUT2D eigenvalue weighted by Crippen LogP contribution is 2.79. The monoisotopic (exact) mass is 541 g/mol. The normalized spacial score (nSPS) is 51.1. The summed E-state index contributed by atoms with van der Waals surface area (Å²) < 4.78 is 25.3. The zero-order valence-electron chi connectivity index (χ0n) is 23.5. The number of esters is 1. The van der Waals surface area contributed by atoms with E-state index in [0.29, 0.717) is 25.0 Å². The summed E-state index contributed by atoms with van der Waals surface area (Å²) >= 11 is 0. The number of benzene rings is 1. The lowest BCUT2D eigenvalue weighted by Crippen LogP contribution is -2.76. The third-order valence-corrected chi connectivity index (χ3v) is 12.4. The molecule has 1 aliphatic heterocycles. The van der Waals surface area contributed by atoms with Gasteiger partial charge in [-0.2, -0.15) is 0 Å². The van der Waals surface area contributed by atoms with Crippen LogP contribution in [0, 0.1) is 40.4 Å². The zero-order valence-corrected chi connectivity index (χ0v) is 23.5. The first kappa shape index (κ1) is 26.4. The summed E-state index contributed by atoms with van der Waals surface area (Å²) in [6.45, 7) is 4.48. The quantitative estimate of drug-likeness (QED) is 0.508. The molecule has 0 radical (unpaired) electrons. The molecule has 8 heteroatoms. The number of aliphatic hydroxyl groups is 2. The van der Waals surface area contributed by atoms with Crippen LogP contribution in [0.2, 0.25) is 0 Å². The maximum Gasteiger partial charge on any atom is 0.338 e. The molecule has 0 unspecified atom stereocenters. The lowest BCUT2D eigenvalue weighted by atomic mass is 9.43. The molecule has 1 saturated heterocycles. The largest absolute Gasteiger partial charge is 0.454 e. The number of fused-ring (bicyclic) bond motifs is 2. The van der Waals surface area contributed by atoms with E-state index in [0.717, 1.165) is 25.9 Å². The molecule has 6 fully saturated rings. The van der Waals surface area contributed by atoms with E-state index in [4.69, 9.17) is 18.9 Å². The molecule has 5 aliphatic carbocycles. The van der Waals surface area contributed by atoms with Crippen LogP contribution in [0.3, 0.4) is 0 Å². The maximum absolute atomic E-state index is 13.9. The van der Waals surface area contributed by atoms with Crippen LogP contribution in [-0.2, 0) is 18.9 Å². The van der Waals surface area contributed by atoms with Gasteiger partial charge >= 0.3 is 5.97 Å². The predicted molar refractivity (Wildman–Crippen MR) is 142 cm³/mol. The van der Waals surface area contributed by atoms with E-state index in [1.54, 1.807) is 33.5 Å². The first-order chi connectivity index (χ1) is 18.8. The zero-order chi connectivity index (χ0) is 27.3. The second-order valence-electron chi connectivity index (χ2n) is 13.3. The number of nitrogens with zero attached hydrogens (tertiary/aromatic N) is 1. The SMILES string of the molecule is CCN1C[C@]2(COC)CC[C@H](O)[C@@]34[C@@H]5C[C@H]6[C@H](O)[C@@H]5[C@](OC(=O)c5ccccc5)(C[C@@H]6OC)[C@@H]([C@H](OC)[C@H]23)[C@@H]14. The highest BCUT2D eigenvalue weighted by molar-refractivity contribution is 5.89. The third-order valence-electron chi connectivity index (χ3n) is 12.4. The van der Waals surface area contributed by atoms with Gasteiger partial charge in [-0.05, 0) is 43.9 Å². The standard InChI is InChI=1S/C31H43NO7/c1-5-32-15-29(16-36-2)12-11-21(33)31-19-13-18-20(37-3)14-30(22(19)24(18)34,23(27(31)32)25(38-4)26(29)31)39-28(35)17-9-7-6-8-10-17/h6-10,18-27,33-34H,5,11-16H2,1-4H3/t18-,19-,20+,21+,22-,23+,24+,25+,26-,27-,29+,30-,31+/m1/s1. The van der Waals surface area contributed by atoms with Crippen molar-refractivity contribution in [1.29, 1.82) is 0 Å². The van der Waals surface area contributed by atoms with E-state index >= 15 is 0 Å². The van der Waals surface area contributed by atoms with E-state index in [1.807, 2.05) is 18.2 Å². The van der Waals surface area contributed by atoms with E-state index in [9.17, 15) is 15.0 Å². The van der Waals surface area contributed by atoms with E-state index in [1.165, 1.54) is 0 Å². The van der Waals surface area contributed by atoms with Crippen LogP contribution in [0.5, 0.6) is 0 Å². The first-order valence-corrected chi connectivity index (χ1v) is 14.8. The number of rotatable bonds is 7. The van der Waals surface area contributed by atoms with Gasteiger partial charge in [0.25, 0.3) is 0 Å². The van der Waals surface area contributed by atoms with Gasteiger partial charge in [-0.15, -0.1) is 0 Å². The fourth-order valence-corrected chi connectivity index (χ4v) is 11.6. The molecule has 0 amide bonds. The van der Waals surface area contributed by atoms with Crippen LogP contribution >= 0.6 is 0 Å². The lowest BCUT2D eigenvalue weighted by molar-refractivity contribution is -0.271. The fourth-order valence-electron chi connectivity index (χ4n) is 11.6. The summed E-state index contributed by atoms with van der Waals surface area (Å²) in [4.78, 5) is 16.4. The van der Waals surface area contributed by atoms with Gasteiger partial charge < -0.3 is 29.2 Å². The first-order valence-electron chi connectivity index (χ1n) is 14.8. The predicted octanol–water partition coefficient (Wildman–Crippen LogP) is 2.37. The van der Waals surface area contributed by atoms with E-state index in [2.05, 4.69) is 11.8 Å². The van der Waals surface area contributed by atoms with Crippen LogP contribution in [0.4, 0.5) is 0 Å². The minimum Gasteiger partial charge on any atom is -0.454 e. The molecule has 1 heterocycles. The van der Waals surface area contributed by atoms with Crippen molar-refractivity contribution in [1.82, 2.24) is 4.90 Å². The van der Waals surface area contributed by atoms with Crippen LogP contribution < -0.4 is 0 Å². The van der Waals surface area contributed by atoms with Gasteiger partial charge in [0.15, 0.2) is 0 Å². The van der Waals surface area contributed by atoms with E-state index in [-0.39, 0.29) is 59.2 Å². The van der Waals surface area contributed by atoms with Crippen molar-refractivity contribution < 1.29 is 34.0 Å². The number of hydrogen-bond acceptors (Lipinski definition) is 8. The highest BCUT2D eigenvalue weighted by atomic mass is 16.6.